The highest BCUT2D eigenvalue weighted by Gasteiger charge is 2.22. The highest BCUT2D eigenvalue weighted by molar-refractivity contribution is 5.80. The highest BCUT2D eigenvalue weighted by Crippen LogP contribution is 2.27. The molecule has 0 unspecified atom stereocenters. The lowest BCUT2D eigenvalue weighted by Crippen LogP contribution is -2.13. The first-order valence-corrected chi connectivity index (χ1v) is 14.8. The van der Waals surface area contributed by atoms with Crippen molar-refractivity contribution < 1.29 is 13.2 Å². The van der Waals surface area contributed by atoms with Crippen LogP contribution < -0.4 is 0 Å². The van der Waals surface area contributed by atoms with Gasteiger partial charge in [-0.1, -0.05) is 67.5 Å². The van der Waals surface area contributed by atoms with Crippen LogP contribution in [0.1, 0.15) is 95.5 Å². The number of H-pyrrole nitrogens is 3. The van der Waals surface area contributed by atoms with Crippen LogP contribution in [0.4, 0.5) is 13.2 Å². The maximum absolute atomic E-state index is 13.4. The summed E-state index contributed by atoms with van der Waals surface area (Å²) in [6.07, 6.45) is 0. The monoisotopic (exact) mass is 604 g/mol. The van der Waals surface area contributed by atoms with E-state index in [1.807, 2.05) is 20.8 Å². The quantitative estimate of drug-likeness (QED) is 0.163. The summed E-state index contributed by atoms with van der Waals surface area (Å²) in [5.74, 6) is -0.860. The van der Waals surface area contributed by atoms with Gasteiger partial charge in [0, 0.05) is 22.8 Å². The number of imidazole rings is 3. The number of halogens is 3. The lowest BCUT2D eigenvalue weighted by molar-refractivity contribution is 0.452. The molecule has 0 saturated carbocycles. The number of fused-ring (bicyclic) bond motifs is 3. The molecule has 0 aliphatic carbocycles. The highest BCUT2D eigenvalue weighted by atomic mass is 19.2. The maximum Gasteiger partial charge on any atom is 0.196 e. The molecule has 9 heteroatoms. The molecule has 0 aliphatic rings. The van der Waals surface area contributed by atoms with Gasteiger partial charge >= 0.3 is 0 Å². The molecule has 0 bridgehead atoms. The lowest BCUT2D eigenvalue weighted by atomic mass is 9.96. The van der Waals surface area contributed by atoms with Crippen LogP contribution in [0.5, 0.6) is 0 Å². The van der Waals surface area contributed by atoms with E-state index in [2.05, 4.69) is 116 Å². The molecule has 6 nitrogen and oxygen atoms in total. The Morgan fingerprint density at radius 3 is 1.73 bits per heavy atom. The zero-order valence-corrected chi connectivity index (χ0v) is 27.5. The lowest BCUT2D eigenvalue weighted by Gasteiger charge is -2.13. The molecule has 0 atom stereocenters. The molecule has 0 radical (unpaired) electrons. The Bertz CT molecular complexity index is 1930. The molecule has 234 valence electrons. The predicted octanol–water partition coefficient (Wildman–Crippen LogP) is 9.75. The largest absolute Gasteiger partial charge is 0.342 e. The SMILES string of the molecule is CC(C)(C)c1nc2c(F)c(F)c(F)cc2[nH]1.Cc1cc(C)c2nc(C(C)(C)C)[nH]c2c1.Cc1ccc2nc(C(C)C)[nH]c2c1. The third kappa shape index (κ3) is 7.14. The first kappa shape index (κ1) is 32.8. The van der Waals surface area contributed by atoms with Gasteiger partial charge in [-0.25, -0.2) is 28.1 Å². The van der Waals surface area contributed by atoms with Crippen molar-refractivity contribution in [2.45, 2.75) is 92.9 Å². The summed E-state index contributed by atoms with van der Waals surface area (Å²) >= 11 is 0. The number of aryl methyl sites for hydroxylation is 3. The van der Waals surface area contributed by atoms with Crippen LogP contribution in [0.3, 0.4) is 0 Å². The molecule has 3 aromatic heterocycles. The van der Waals surface area contributed by atoms with Crippen LogP contribution >= 0.6 is 0 Å². The zero-order valence-electron chi connectivity index (χ0n) is 27.5. The molecule has 0 spiro atoms. The Morgan fingerprint density at radius 2 is 1.16 bits per heavy atom. The molecular formula is C35H43F3N6. The summed E-state index contributed by atoms with van der Waals surface area (Å²) in [4.78, 5) is 22.6. The van der Waals surface area contributed by atoms with Gasteiger partial charge in [0.05, 0.1) is 27.6 Å². The topological polar surface area (TPSA) is 86.0 Å². The number of nitrogens with one attached hydrogen (secondary N) is 3. The van der Waals surface area contributed by atoms with Gasteiger partial charge in [0.25, 0.3) is 0 Å². The first-order chi connectivity index (χ1) is 20.3. The van der Waals surface area contributed by atoms with Gasteiger partial charge in [0.1, 0.15) is 23.0 Å². The van der Waals surface area contributed by atoms with Crippen molar-refractivity contribution >= 4 is 33.1 Å². The van der Waals surface area contributed by atoms with Crippen molar-refractivity contribution in [1.29, 1.82) is 0 Å². The van der Waals surface area contributed by atoms with Crippen molar-refractivity contribution in [2.24, 2.45) is 0 Å². The summed E-state index contributed by atoms with van der Waals surface area (Å²) in [5.41, 5.74) is 8.01. The molecule has 0 saturated heterocycles. The van der Waals surface area contributed by atoms with Gasteiger partial charge in [-0.05, 0) is 55.7 Å². The molecule has 6 aromatic rings. The minimum Gasteiger partial charge on any atom is -0.342 e. The molecule has 0 fully saturated rings. The molecule has 3 aromatic carbocycles. The van der Waals surface area contributed by atoms with Crippen LogP contribution in [0.2, 0.25) is 0 Å². The Morgan fingerprint density at radius 1 is 0.614 bits per heavy atom. The number of hydrogen-bond donors (Lipinski definition) is 3. The van der Waals surface area contributed by atoms with Gasteiger partial charge in [-0.2, -0.15) is 0 Å². The maximum atomic E-state index is 13.4. The summed E-state index contributed by atoms with van der Waals surface area (Å²) in [6.45, 7) is 22.7. The van der Waals surface area contributed by atoms with Gasteiger partial charge in [0.15, 0.2) is 17.5 Å². The number of rotatable bonds is 1. The Hall–Kier alpha value is -4.14. The molecular weight excluding hydrogens is 561 g/mol. The summed E-state index contributed by atoms with van der Waals surface area (Å²) in [7, 11) is 0. The number of aromatic amines is 3. The van der Waals surface area contributed by atoms with E-state index >= 15 is 0 Å². The summed E-state index contributed by atoms with van der Waals surface area (Å²) in [6, 6.07) is 11.5. The van der Waals surface area contributed by atoms with E-state index in [1.165, 1.54) is 16.7 Å². The molecule has 3 N–H and O–H groups in total. The van der Waals surface area contributed by atoms with Crippen molar-refractivity contribution in [1.82, 2.24) is 29.9 Å². The van der Waals surface area contributed by atoms with Gasteiger partial charge < -0.3 is 15.0 Å². The normalized spacial score (nSPS) is 12.1. The third-order valence-electron chi connectivity index (χ3n) is 7.16. The van der Waals surface area contributed by atoms with Crippen LogP contribution in [0.25, 0.3) is 33.1 Å². The molecule has 44 heavy (non-hydrogen) atoms. The fourth-order valence-electron chi connectivity index (χ4n) is 4.66. The smallest absolute Gasteiger partial charge is 0.196 e. The number of aromatic nitrogens is 6. The van der Waals surface area contributed by atoms with Crippen LogP contribution in [0.15, 0.2) is 36.4 Å². The van der Waals surface area contributed by atoms with E-state index in [0.29, 0.717) is 11.7 Å². The van der Waals surface area contributed by atoms with Gasteiger partial charge in [-0.3, -0.25) is 0 Å². The van der Waals surface area contributed by atoms with Gasteiger partial charge in [-0.15, -0.1) is 0 Å². The summed E-state index contributed by atoms with van der Waals surface area (Å²) < 4.78 is 39.3. The Balaban J connectivity index is 0.000000151. The minimum absolute atomic E-state index is 0.0827. The van der Waals surface area contributed by atoms with Crippen LogP contribution in [-0.2, 0) is 10.8 Å². The van der Waals surface area contributed by atoms with Gasteiger partial charge in [0.2, 0.25) is 0 Å². The van der Waals surface area contributed by atoms with Crippen molar-refractivity contribution in [3.63, 3.8) is 0 Å². The van der Waals surface area contributed by atoms with E-state index in [0.717, 1.165) is 39.8 Å². The number of benzene rings is 3. The molecule has 3 heterocycles. The average Bonchev–Trinajstić information content (AvgIpc) is 3.64. The van der Waals surface area contributed by atoms with E-state index in [-0.39, 0.29) is 21.9 Å². The second-order valence-corrected chi connectivity index (χ2v) is 13.8. The fraction of sp³-hybridized carbons (Fsp3) is 0.400. The molecule has 0 amide bonds. The standard InChI is InChI=1S/C13H18N2.C11H11F3N2.C11H14N2/c1-8-6-9(2)11-10(7-8)14-12(15-11)13(3,4)5;1-11(2,3)10-15-6-4-5(12)7(13)8(14)9(6)16-10;1-7(2)11-12-9-5-4-8(3)6-10(9)13-11/h6-7H,1-5H3,(H,14,15);4H,1-3H3,(H,15,16);4-7H,1-3H3,(H,12,13). The number of hydrogen-bond acceptors (Lipinski definition) is 3. The predicted molar refractivity (Wildman–Crippen MR) is 174 cm³/mol. The van der Waals surface area contributed by atoms with E-state index in [4.69, 9.17) is 0 Å². The van der Waals surface area contributed by atoms with Crippen LogP contribution in [-0.4, -0.2) is 29.9 Å². The van der Waals surface area contributed by atoms with E-state index < -0.39 is 17.5 Å². The fourth-order valence-corrected chi connectivity index (χ4v) is 4.66. The Labute approximate surface area is 256 Å². The molecule has 6 rings (SSSR count). The van der Waals surface area contributed by atoms with Crippen molar-refractivity contribution in [2.75, 3.05) is 0 Å². The van der Waals surface area contributed by atoms with Crippen LogP contribution in [0, 0.1) is 38.2 Å². The first-order valence-electron chi connectivity index (χ1n) is 14.8. The van der Waals surface area contributed by atoms with E-state index in [9.17, 15) is 13.2 Å². The minimum atomic E-state index is -1.49. The summed E-state index contributed by atoms with van der Waals surface area (Å²) in [5, 5.41) is 0. The number of nitrogens with zero attached hydrogens (tertiary/aromatic N) is 3. The molecule has 0 aliphatic heterocycles. The second kappa shape index (κ2) is 12.1. The second-order valence-electron chi connectivity index (χ2n) is 13.8. The van der Waals surface area contributed by atoms with Crippen molar-refractivity contribution in [3.05, 3.63) is 88.0 Å². The Kier molecular flexibility index (Phi) is 9.01. The van der Waals surface area contributed by atoms with Crippen molar-refractivity contribution in [3.8, 4) is 0 Å². The third-order valence-corrected chi connectivity index (χ3v) is 7.16. The van der Waals surface area contributed by atoms with E-state index in [1.54, 1.807) is 0 Å². The zero-order chi connectivity index (χ0) is 32.7. The average molecular weight is 605 g/mol.